The largest absolute Gasteiger partial charge is 0.469 e. The second-order valence-electron chi connectivity index (χ2n) is 5.68. The second kappa shape index (κ2) is 7.74. The van der Waals surface area contributed by atoms with Gasteiger partial charge >= 0.3 is 5.97 Å². The normalized spacial score (nSPS) is 17.7. The first kappa shape index (κ1) is 15.4. The van der Waals surface area contributed by atoms with Crippen molar-refractivity contribution in [3.8, 4) is 0 Å². The molecule has 1 aliphatic rings. The fraction of sp³-hybridized carbons (Fsp3) is 0.929. The first-order chi connectivity index (χ1) is 8.56. The van der Waals surface area contributed by atoms with Crippen molar-refractivity contribution < 1.29 is 14.3 Å². The average molecular weight is 257 g/mol. The third-order valence-electron chi connectivity index (χ3n) is 3.49. The fourth-order valence-electron chi connectivity index (χ4n) is 2.28. The number of rotatable bonds is 7. The number of nitrogens with one attached hydrogen (secondary N) is 1. The topological polar surface area (TPSA) is 47.6 Å². The molecule has 1 rings (SSSR count). The summed E-state index contributed by atoms with van der Waals surface area (Å²) in [5, 5.41) is 3.25. The highest BCUT2D eigenvalue weighted by atomic mass is 16.5. The number of methoxy groups -OCH3 is 1. The highest BCUT2D eigenvalue weighted by Gasteiger charge is 2.27. The van der Waals surface area contributed by atoms with Crippen LogP contribution in [-0.4, -0.2) is 38.9 Å². The number of esters is 1. The van der Waals surface area contributed by atoms with Gasteiger partial charge in [0.15, 0.2) is 0 Å². The third-order valence-corrected chi connectivity index (χ3v) is 3.49. The summed E-state index contributed by atoms with van der Waals surface area (Å²) in [5.74, 6) is -0.178. The zero-order valence-electron chi connectivity index (χ0n) is 12.0. The first-order valence-electron chi connectivity index (χ1n) is 6.97. The van der Waals surface area contributed by atoms with Crippen molar-refractivity contribution in [3.63, 3.8) is 0 Å². The quantitative estimate of drug-likeness (QED) is 0.560. The standard InChI is InChI=1S/C14H27NO3/c1-14(2,13(16)17-3)11-15-9-10-18-12-7-5-4-6-8-12/h12,15H,4-11H2,1-3H3. The summed E-state index contributed by atoms with van der Waals surface area (Å²) >= 11 is 0. The Kier molecular flexibility index (Phi) is 6.65. The molecule has 1 aliphatic carbocycles. The summed E-state index contributed by atoms with van der Waals surface area (Å²) in [6.07, 6.45) is 6.81. The van der Waals surface area contributed by atoms with Gasteiger partial charge < -0.3 is 14.8 Å². The number of hydrogen-bond acceptors (Lipinski definition) is 4. The Balaban J connectivity index is 2.05. The van der Waals surface area contributed by atoms with Crippen LogP contribution in [0.3, 0.4) is 0 Å². The van der Waals surface area contributed by atoms with Crippen LogP contribution < -0.4 is 5.32 Å². The number of hydrogen-bond donors (Lipinski definition) is 1. The molecule has 0 bridgehead atoms. The molecule has 1 saturated carbocycles. The van der Waals surface area contributed by atoms with Crippen molar-refractivity contribution in [2.45, 2.75) is 52.1 Å². The molecule has 0 radical (unpaired) electrons. The molecule has 0 saturated heterocycles. The van der Waals surface area contributed by atoms with Gasteiger partial charge in [-0.15, -0.1) is 0 Å². The maximum atomic E-state index is 11.5. The molecule has 0 aromatic heterocycles. The third kappa shape index (κ3) is 5.36. The zero-order valence-corrected chi connectivity index (χ0v) is 12.0. The molecular weight excluding hydrogens is 230 g/mol. The predicted octanol–water partition coefficient (Wildman–Crippen LogP) is 2.12. The Hall–Kier alpha value is -0.610. The van der Waals surface area contributed by atoms with Crippen molar-refractivity contribution in [2.24, 2.45) is 5.41 Å². The van der Waals surface area contributed by atoms with Gasteiger partial charge in [0.25, 0.3) is 0 Å². The Morgan fingerprint density at radius 3 is 2.56 bits per heavy atom. The zero-order chi connectivity index (χ0) is 13.4. The van der Waals surface area contributed by atoms with Crippen LogP contribution >= 0.6 is 0 Å². The fourth-order valence-corrected chi connectivity index (χ4v) is 2.28. The summed E-state index contributed by atoms with van der Waals surface area (Å²) in [6.45, 7) is 5.90. The maximum absolute atomic E-state index is 11.5. The van der Waals surface area contributed by atoms with Crippen LogP contribution in [0.15, 0.2) is 0 Å². The molecule has 0 aromatic carbocycles. The number of carbonyl (C=O) groups is 1. The SMILES string of the molecule is COC(=O)C(C)(C)CNCCOC1CCCCC1. The van der Waals surface area contributed by atoms with Gasteiger partial charge in [-0.3, -0.25) is 4.79 Å². The Bertz CT molecular complexity index is 247. The van der Waals surface area contributed by atoms with Crippen LogP contribution in [0.5, 0.6) is 0 Å². The minimum atomic E-state index is -0.473. The molecule has 0 aromatic rings. The van der Waals surface area contributed by atoms with Crippen LogP contribution in [0.2, 0.25) is 0 Å². The van der Waals surface area contributed by atoms with Crippen molar-refractivity contribution in [3.05, 3.63) is 0 Å². The smallest absolute Gasteiger partial charge is 0.312 e. The van der Waals surface area contributed by atoms with Gasteiger partial charge in [-0.25, -0.2) is 0 Å². The lowest BCUT2D eigenvalue weighted by molar-refractivity contribution is -0.150. The summed E-state index contributed by atoms with van der Waals surface area (Å²) < 4.78 is 10.6. The summed E-state index contributed by atoms with van der Waals surface area (Å²) in [6, 6.07) is 0. The Morgan fingerprint density at radius 1 is 1.28 bits per heavy atom. The monoisotopic (exact) mass is 257 g/mol. The minimum Gasteiger partial charge on any atom is -0.469 e. The van der Waals surface area contributed by atoms with E-state index in [2.05, 4.69) is 5.32 Å². The molecule has 4 nitrogen and oxygen atoms in total. The van der Waals surface area contributed by atoms with Crippen molar-refractivity contribution in [1.82, 2.24) is 5.32 Å². The summed E-state index contributed by atoms with van der Waals surface area (Å²) in [4.78, 5) is 11.5. The van der Waals surface area contributed by atoms with Crippen LogP contribution in [0, 0.1) is 5.41 Å². The lowest BCUT2D eigenvalue weighted by Crippen LogP contribution is -2.38. The molecule has 0 aliphatic heterocycles. The molecule has 18 heavy (non-hydrogen) atoms. The van der Waals surface area contributed by atoms with E-state index in [-0.39, 0.29) is 5.97 Å². The molecule has 1 N–H and O–H groups in total. The Morgan fingerprint density at radius 2 is 1.94 bits per heavy atom. The van der Waals surface area contributed by atoms with E-state index in [9.17, 15) is 4.79 Å². The van der Waals surface area contributed by atoms with Crippen LogP contribution in [0.25, 0.3) is 0 Å². The van der Waals surface area contributed by atoms with Gasteiger partial charge in [0.1, 0.15) is 0 Å². The predicted molar refractivity (Wildman–Crippen MR) is 71.5 cm³/mol. The highest BCUT2D eigenvalue weighted by molar-refractivity contribution is 5.76. The van der Waals surface area contributed by atoms with Gasteiger partial charge in [0, 0.05) is 13.1 Å². The Labute approximate surface area is 110 Å². The van der Waals surface area contributed by atoms with Gasteiger partial charge in [-0.2, -0.15) is 0 Å². The first-order valence-corrected chi connectivity index (χ1v) is 6.97. The number of ether oxygens (including phenoxy) is 2. The highest BCUT2D eigenvalue weighted by Crippen LogP contribution is 2.20. The average Bonchev–Trinajstić information content (AvgIpc) is 2.38. The summed E-state index contributed by atoms with van der Waals surface area (Å²) in [5.41, 5.74) is -0.473. The lowest BCUT2D eigenvalue weighted by Gasteiger charge is -2.24. The molecule has 1 fully saturated rings. The molecule has 0 spiro atoms. The van der Waals surface area contributed by atoms with E-state index >= 15 is 0 Å². The molecule has 4 heteroatoms. The van der Waals surface area contributed by atoms with Crippen molar-refractivity contribution in [2.75, 3.05) is 26.8 Å². The van der Waals surface area contributed by atoms with Gasteiger partial charge in [0.05, 0.1) is 25.2 Å². The van der Waals surface area contributed by atoms with E-state index in [4.69, 9.17) is 9.47 Å². The number of carbonyl (C=O) groups excluding carboxylic acids is 1. The molecule has 0 heterocycles. The van der Waals surface area contributed by atoms with Crippen LogP contribution in [0.1, 0.15) is 46.0 Å². The van der Waals surface area contributed by atoms with E-state index in [0.29, 0.717) is 12.6 Å². The van der Waals surface area contributed by atoms with Gasteiger partial charge in [-0.1, -0.05) is 19.3 Å². The summed E-state index contributed by atoms with van der Waals surface area (Å²) in [7, 11) is 1.43. The van der Waals surface area contributed by atoms with Crippen LogP contribution in [-0.2, 0) is 14.3 Å². The molecule has 0 unspecified atom stereocenters. The molecule has 106 valence electrons. The van der Waals surface area contributed by atoms with E-state index in [1.54, 1.807) is 0 Å². The lowest BCUT2D eigenvalue weighted by atomic mass is 9.94. The van der Waals surface area contributed by atoms with Gasteiger partial charge in [0.2, 0.25) is 0 Å². The molecular formula is C14H27NO3. The van der Waals surface area contributed by atoms with E-state index in [1.807, 2.05) is 13.8 Å². The molecule has 0 amide bonds. The van der Waals surface area contributed by atoms with E-state index in [1.165, 1.54) is 39.2 Å². The van der Waals surface area contributed by atoms with Crippen molar-refractivity contribution in [1.29, 1.82) is 0 Å². The van der Waals surface area contributed by atoms with E-state index in [0.717, 1.165) is 13.2 Å². The second-order valence-corrected chi connectivity index (χ2v) is 5.68. The maximum Gasteiger partial charge on any atom is 0.312 e. The minimum absolute atomic E-state index is 0.178. The van der Waals surface area contributed by atoms with Crippen molar-refractivity contribution >= 4 is 5.97 Å². The van der Waals surface area contributed by atoms with E-state index < -0.39 is 5.41 Å². The van der Waals surface area contributed by atoms with Crippen LogP contribution in [0.4, 0.5) is 0 Å². The van der Waals surface area contributed by atoms with Gasteiger partial charge in [-0.05, 0) is 26.7 Å². The molecule has 0 atom stereocenters.